The lowest BCUT2D eigenvalue weighted by Gasteiger charge is -2.33. The molecule has 0 amide bonds. The Morgan fingerprint density at radius 2 is 1.17 bits per heavy atom. The van der Waals surface area contributed by atoms with Crippen LogP contribution in [0.25, 0.3) is 0 Å². The molecule has 3 N–H and O–H groups in total. The van der Waals surface area contributed by atoms with Crippen LogP contribution >= 0.6 is 0 Å². The van der Waals surface area contributed by atoms with E-state index in [1.165, 1.54) is 82.1 Å². The van der Waals surface area contributed by atoms with Crippen molar-refractivity contribution in [1.82, 2.24) is 5.06 Å². The van der Waals surface area contributed by atoms with Crippen LogP contribution in [0.3, 0.4) is 0 Å². The van der Waals surface area contributed by atoms with Crippen molar-refractivity contribution in [1.29, 1.82) is 0 Å². The normalized spacial score (nSPS) is 20.0. The van der Waals surface area contributed by atoms with Crippen molar-refractivity contribution in [2.24, 2.45) is 11.8 Å². The van der Waals surface area contributed by atoms with Gasteiger partial charge in [0, 0.05) is 17.5 Å². The number of hydroxylamine groups is 2. The third-order valence-corrected chi connectivity index (χ3v) is 6.76. The highest BCUT2D eigenvalue weighted by Crippen LogP contribution is 2.45. The smallest absolute Gasteiger partial charge is 0.303 e. The van der Waals surface area contributed by atoms with Crippen molar-refractivity contribution in [2.45, 2.75) is 142 Å². The van der Waals surface area contributed by atoms with E-state index < -0.39 is 5.97 Å². The number of nitrogens with zero attached hydrogens (tertiary/aromatic N) is 1. The van der Waals surface area contributed by atoms with Crippen molar-refractivity contribution in [3.8, 4) is 0 Å². The van der Waals surface area contributed by atoms with Crippen LogP contribution in [-0.2, 0) is 15.2 Å². The van der Waals surface area contributed by atoms with Crippen LogP contribution in [0.2, 0.25) is 0 Å². The SMILES string of the molecule is CC1(C)CC(CCCCCCCCCCCCCCCC(=O)O)C(C)(C)N1[O].N[O]. The van der Waals surface area contributed by atoms with E-state index in [4.69, 9.17) is 10.3 Å². The van der Waals surface area contributed by atoms with E-state index in [0.717, 1.165) is 19.3 Å². The van der Waals surface area contributed by atoms with E-state index in [0.29, 0.717) is 12.3 Å². The van der Waals surface area contributed by atoms with Gasteiger partial charge in [-0.2, -0.15) is 5.90 Å². The molecule has 6 heteroatoms. The maximum absolute atomic E-state index is 12.4. The molecule has 2 radical (unpaired) electrons. The quantitative estimate of drug-likeness (QED) is 0.218. The Bertz CT molecular complexity index is 441. The van der Waals surface area contributed by atoms with Crippen molar-refractivity contribution < 1.29 is 20.3 Å². The largest absolute Gasteiger partial charge is 0.481 e. The number of aliphatic carboxylic acids is 1. The number of carboxylic acids is 1. The van der Waals surface area contributed by atoms with Crippen LogP contribution in [0, 0.1) is 5.92 Å². The second-order valence-corrected chi connectivity index (χ2v) is 10.2. The van der Waals surface area contributed by atoms with Crippen LogP contribution in [0.4, 0.5) is 0 Å². The molecular formula is C24H48N2O4. The van der Waals surface area contributed by atoms with E-state index in [9.17, 15) is 10.0 Å². The first-order valence-electron chi connectivity index (χ1n) is 12.1. The first-order chi connectivity index (χ1) is 14.2. The molecule has 0 aliphatic carbocycles. The first kappa shape index (κ1) is 29.3. The fourth-order valence-electron chi connectivity index (χ4n) is 4.95. The lowest BCUT2D eigenvalue weighted by Crippen LogP contribution is -2.46. The van der Waals surface area contributed by atoms with Gasteiger partial charge < -0.3 is 5.11 Å². The lowest BCUT2D eigenvalue weighted by molar-refractivity contribution is -0.248. The molecule has 1 aliphatic rings. The summed E-state index contributed by atoms with van der Waals surface area (Å²) < 4.78 is 0. The van der Waals surface area contributed by atoms with Gasteiger partial charge in [-0.15, -0.1) is 15.5 Å². The molecule has 6 nitrogen and oxygen atoms in total. The van der Waals surface area contributed by atoms with E-state index in [-0.39, 0.29) is 11.1 Å². The number of nitrogens with two attached hydrogens (primary N) is 1. The third-order valence-electron chi connectivity index (χ3n) is 6.76. The average Bonchev–Trinajstić information content (AvgIpc) is 2.85. The molecule has 30 heavy (non-hydrogen) atoms. The monoisotopic (exact) mass is 428 g/mol. The summed E-state index contributed by atoms with van der Waals surface area (Å²) in [5.74, 6) is 3.12. The molecule has 178 valence electrons. The van der Waals surface area contributed by atoms with Crippen molar-refractivity contribution in [2.75, 3.05) is 0 Å². The highest BCUT2D eigenvalue weighted by Gasteiger charge is 2.51. The number of rotatable bonds is 16. The number of unbranched alkanes of at least 4 members (excludes halogenated alkanes) is 12. The van der Waals surface area contributed by atoms with E-state index in [2.05, 4.69) is 33.6 Å². The van der Waals surface area contributed by atoms with Crippen molar-refractivity contribution in [3.63, 3.8) is 0 Å². The van der Waals surface area contributed by atoms with Gasteiger partial charge >= 0.3 is 5.97 Å². The second kappa shape index (κ2) is 16.0. The van der Waals surface area contributed by atoms with E-state index in [1.807, 2.05) is 0 Å². The summed E-state index contributed by atoms with van der Waals surface area (Å²) in [4.78, 5) is 10.4. The zero-order chi connectivity index (χ0) is 23.0. The predicted octanol–water partition coefficient (Wildman–Crippen LogP) is 6.44. The van der Waals surface area contributed by atoms with Crippen LogP contribution in [0.5, 0.6) is 0 Å². The standard InChI is InChI=1S/C24H46NO3.H2NO/c1-23(2)20-21(24(3,4)25(23)28)18-16-14-12-10-8-6-5-7-9-11-13-15-17-19-22(26)27;1-2/h21H,5-20H2,1-4H3,(H,26,27);1H2. The molecule has 0 saturated carbocycles. The van der Waals surface area contributed by atoms with Gasteiger partial charge in [0.2, 0.25) is 0 Å². The van der Waals surface area contributed by atoms with Crippen LogP contribution in [0.15, 0.2) is 0 Å². The van der Waals surface area contributed by atoms with Gasteiger partial charge in [-0.05, 0) is 52.9 Å². The summed E-state index contributed by atoms with van der Waals surface area (Å²) >= 11 is 0. The Balaban J connectivity index is 0.00000407. The third kappa shape index (κ3) is 11.6. The number of hydrogen-bond acceptors (Lipinski definition) is 3. The summed E-state index contributed by atoms with van der Waals surface area (Å²) in [6, 6.07) is 0. The Hall–Kier alpha value is -0.690. The van der Waals surface area contributed by atoms with Gasteiger partial charge in [0.15, 0.2) is 0 Å². The zero-order valence-electron chi connectivity index (χ0n) is 20.1. The second-order valence-electron chi connectivity index (χ2n) is 10.2. The highest BCUT2D eigenvalue weighted by molar-refractivity contribution is 5.66. The lowest BCUT2D eigenvalue weighted by atomic mass is 9.83. The predicted molar refractivity (Wildman–Crippen MR) is 121 cm³/mol. The van der Waals surface area contributed by atoms with Gasteiger partial charge in [-0.3, -0.25) is 4.79 Å². The summed E-state index contributed by atoms with van der Waals surface area (Å²) in [6.07, 6.45) is 18.8. The Morgan fingerprint density at radius 1 is 0.800 bits per heavy atom. The molecule has 0 aromatic heterocycles. The minimum Gasteiger partial charge on any atom is -0.481 e. The summed E-state index contributed by atoms with van der Waals surface area (Å²) in [7, 11) is 0. The molecule has 1 atom stereocenters. The molecule has 1 fully saturated rings. The molecule has 1 rings (SSSR count). The van der Waals surface area contributed by atoms with E-state index in [1.54, 1.807) is 0 Å². The van der Waals surface area contributed by atoms with Gasteiger partial charge in [0.25, 0.3) is 0 Å². The highest BCUT2D eigenvalue weighted by atomic mass is 16.5. The number of hydrogen-bond donors (Lipinski definition) is 2. The average molecular weight is 429 g/mol. The summed E-state index contributed by atoms with van der Waals surface area (Å²) in [5.41, 5.74) is -0.410. The topological polar surface area (TPSA) is 106 Å². The Morgan fingerprint density at radius 3 is 1.50 bits per heavy atom. The van der Waals surface area contributed by atoms with E-state index >= 15 is 0 Å². The minimum atomic E-state index is -0.666. The summed E-state index contributed by atoms with van der Waals surface area (Å²) in [5, 5.41) is 30.1. The van der Waals surface area contributed by atoms with Crippen LogP contribution in [0.1, 0.15) is 130 Å². The van der Waals surface area contributed by atoms with Gasteiger partial charge in [-0.1, -0.05) is 77.0 Å². The van der Waals surface area contributed by atoms with Gasteiger partial charge in [0.1, 0.15) is 0 Å². The number of carbonyl (C=O) groups is 1. The van der Waals surface area contributed by atoms with Crippen molar-refractivity contribution >= 4 is 5.97 Å². The van der Waals surface area contributed by atoms with Crippen LogP contribution < -0.4 is 5.90 Å². The van der Waals surface area contributed by atoms with Gasteiger partial charge in [-0.25, -0.2) is 0 Å². The molecule has 1 aliphatic heterocycles. The minimum absolute atomic E-state index is 0.202. The fourth-order valence-corrected chi connectivity index (χ4v) is 4.95. The maximum atomic E-state index is 12.4. The fraction of sp³-hybridized carbons (Fsp3) is 0.958. The molecule has 0 aromatic carbocycles. The Kier molecular flexibility index (Phi) is 15.6. The zero-order valence-corrected chi connectivity index (χ0v) is 20.1. The molecule has 1 heterocycles. The molecule has 1 saturated heterocycles. The van der Waals surface area contributed by atoms with Crippen LogP contribution in [-0.4, -0.2) is 27.2 Å². The molecule has 0 aromatic rings. The molecule has 0 spiro atoms. The number of carboxylic acid groups (broad SMARTS) is 1. The van der Waals surface area contributed by atoms with Crippen molar-refractivity contribution in [3.05, 3.63) is 0 Å². The Labute approximate surface area is 185 Å². The molecule has 0 bridgehead atoms. The molecule has 1 unspecified atom stereocenters. The maximum Gasteiger partial charge on any atom is 0.303 e. The summed E-state index contributed by atoms with van der Waals surface area (Å²) in [6.45, 7) is 8.41. The molecular weight excluding hydrogens is 380 g/mol. The van der Waals surface area contributed by atoms with Gasteiger partial charge in [0.05, 0.1) is 0 Å². The first-order valence-corrected chi connectivity index (χ1v) is 12.1.